The molecule has 0 bridgehead atoms. The Morgan fingerprint density at radius 1 is 1.58 bits per heavy atom. The number of nitriles is 1. The lowest BCUT2D eigenvalue weighted by Gasteiger charge is -2.14. The van der Waals surface area contributed by atoms with E-state index in [1.165, 1.54) is 12.5 Å². The quantitative estimate of drug-likeness (QED) is 0.665. The van der Waals surface area contributed by atoms with E-state index >= 15 is 0 Å². The summed E-state index contributed by atoms with van der Waals surface area (Å²) in [6, 6.07) is 2.12. The highest BCUT2D eigenvalue weighted by Crippen LogP contribution is 2.25. The molecule has 0 aliphatic rings. The van der Waals surface area contributed by atoms with Gasteiger partial charge in [0, 0.05) is 6.20 Å². The fourth-order valence-electron chi connectivity index (χ4n) is 0.826. The summed E-state index contributed by atoms with van der Waals surface area (Å²) in [5, 5.41) is 9.24. The molecule has 0 saturated carbocycles. The molecular weight excluding hydrogens is 174 g/mol. The van der Waals surface area contributed by atoms with Crippen molar-refractivity contribution in [2.24, 2.45) is 0 Å². The highest BCUT2D eigenvalue weighted by molar-refractivity contribution is 6.31. The van der Waals surface area contributed by atoms with Crippen LogP contribution < -0.4 is 0 Å². The first-order valence-corrected chi connectivity index (χ1v) is 3.83. The van der Waals surface area contributed by atoms with E-state index in [-0.39, 0.29) is 0 Å². The van der Waals surface area contributed by atoms with Crippen LogP contribution in [0.2, 0.25) is 5.02 Å². The maximum Gasteiger partial charge on any atom is 0.115 e. The minimum Gasteiger partial charge on any atom is -0.243 e. The van der Waals surface area contributed by atoms with E-state index in [1.807, 2.05) is 0 Å². The average molecular weight is 182 g/mol. The monoisotopic (exact) mass is 181 g/mol. The molecule has 1 heterocycles. The van der Waals surface area contributed by atoms with Crippen molar-refractivity contribution in [3.63, 3.8) is 0 Å². The molecule has 0 spiro atoms. The summed E-state index contributed by atoms with van der Waals surface area (Å²) in [4.78, 5) is 7.70. The second-order valence-corrected chi connectivity index (χ2v) is 3.36. The van der Waals surface area contributed by atoms with E-state index in [0.29, 0.717) is 10.7 Å². The van der Waals surface area contributed by atoms with Gasteiger partial charge in [-0.15, -0.1) is 0 Å². The second kappa shape index (κ2) is 3.08. The Hall–Kier alpha value is -1.14. The first kappa shape index (κ1) is 8.95. The Morgan fingerprint density at radius 2 is 2.25 bits per heavy atom. The zero-order valence-corrected chi connectivity index (χ0v) is 7.63. The normalized spacial score (nSPS) is 10.8. The molecule has 0 saturated heterocycles. The van der Waals surface area contributed by atoms with Crippen molar-refractivity contribution >= 4 is 11.6 Å². The van der Waals surface area contributed by atoms with Crippen molar-refractivity contribution in [3.05, 3.63) is 23.2 Å². The molecule has 3 nitrogen and oxygen atoms in total. The highest BCUT2D eigenvalue weighted by atomic mass is 35.5. The zero-order valence-electron chi connectivity index (χ0n) is 6.87. The van der Waals surface area contributed by atoms with Crippen molar-refractivity contribution in [3.8, 4) is 6.07 Å². The molecule has 12 heavy (non-hydrogen) atoms. The first-order chi connectivity index (χ1) is 5.58. The lowest BCUT2D eigenvalue weighted by atomic mass is 9.91. The van der Waals surface area contributed by atoms with Gasteiger partial charge in [0.05, 0.1) is 22.2 Å². The van der Waals surface area contributed by atoms with Gasteiger partial charge in [0.2, 0.25) is 0 Å². The van der Waals surface area contributed by atoms with Crippen LogP contribution in [-0.4, -0.2) is 9.97 Å². The maximum atomic E-state index is 8.80. The van der Waals surface area contributed by atoms with Crippen LogP contribution in [0.4, 0.5) is 0 Å². The summed E-state index contributed by atoms with van der Waals surface area (Å²) in [7, 11) is 0. The predicted octanol–water partition coefficient (Wildman–Crippen LogP) is 1.93. The van der Waals surface area contributed by atoms with Gasteiger partial charge in [-0.1, -0.05) is 11.6 Å². The minimum absolute atomic E-state index is 0.434. The van der Waals surface area contributed by atoms with E-state index < -0.39 is 5.41 Å². The number of aromatic nitrogens is 2. The lowest BCUT2D eigenvalue weighted by Crippen LogP contribution is -2.16. The van der Waals surface area contributed by atoms with Crippen LogP contribution in [-0.2, 0) is 5.41 Å². The number of rotatable bonds is 1. The Morgan fingerprint density at radius 3 is 2.75 bits per heavy atom. The summed E-state index contributed by atoms with van der Waals surface area (Å²) in [6.07, 6.45) is 2.88. The van der Waals surface area contributed by atoms with Gasteiger partial charge >= 0.3 is 0 Å². The van der Waals surface area contributed by atoms with Crippen molar-refractivity contribution in [2.45, 2.75) is 19.3 Å². The van der Waals surface area contributed by atoms with E-state index in [1.54, 1.807) is 13.8 Å². The smallest absolute Gasteiger partial charge is 0.115 e. The SMILES string of the molecule is CC(C)(C#N)c1ncncc1Cl. The number of hydrogen-bond acceptors (Lipinski definition) is 3. The Labute approximate surface area is 76.0 Å². The summed E-state index contributed by atoms with van der Waals surface area (Å²) >= 11 is 5.81. The van der Waals surface area contributed by atoms with Crippen LogP contribution >= 0.6 is 11.6 Å². The van der Waals surface area contributed by atoms with Gasteiger partial charge < -0.3 is 0 Å². The Balaban J connectivity index is 3.22. The van der Waals surface area contributed by atoms with Crippen LogP contribution in [0.5, 0.6) is 0 Å². The number of nitrogens with zero attached hydrogens (tertiary/aromatic N) is 3. The topological polar surface area (TPSA) is 49.6 Å². The zero-order chi connectivity index (χ0) is 9.19. The molecule has 1 aromatic heterocycles. The van der Waals surface area contributed by atoms with Crippen LogP contribution in [0.25, 0.3) is 0 Å². The fraction of sp³-hybridized carbons (Fsp3) is 0.375. The number of halogens is 1. The first-order valence-electron chi connectivity index (χ1n) is 3.45. The van der Waals surface area contributed by atoms with Crippen LogP contribution in [0.15, 0.2) is 12.5 Å². The largest absolute Gasteiger partial charge is 0.243 e. The standard InChI is InChI=1S/C8H8ClN3/c1-8(2,4-10)7-6(9)3-11-5-12-7/h3,5H,1-2H3. The van der Waals surface area contributed by atoms with E-state index in [0.717, 1.165) is 0 Å². The molecule has 1 aromatic rings. The van der Waals surface area contributed by atoms with Gasteiger partial charge in [0.15, 0.2) is 0 Å². The average Bonchev–Trinajstić information content (AvgIpc) is 2.05. The molecule has 0 aromatic carbocycles. The summed E-state index contributed by atoms with van der Waals surface area (Å²) in [6.45, 7) is 3.53. The van der Waals surface area contributed by atoms with E-state index in [4.69, 9.17) is 16.9 Å². The molecule has 0 aliphatic heterocycles. The van der Waals surface area contributed by atoms with Crippen LogP contribution in [0, 0.1) is 11.3 Å². The van der Waals surface area contributed by atoms with Crippen molar-refractivity contribution in [2.75, 3.05) is 0 Å². The molecule has 62 valence electrons. The highest BCUT2D eigenvalue weighted by Gasteiger charge is 2.24. The van der Waals surface area contributed by atoms with Crippen LogP contribution in [0.3, 0.4) is 0 Å². The molecular formula is C8H8ClN3. The molecule has 1 rings (SSSR count). The molecule has 0 fully saturated rings. The molecule has 0 N–H and O–H groups in total. The summed E-state index contributed by atoms with van der Waals surface area (Å²) < 4.78 is 0. The third kappa shape index (κ3) is 1.54. The molecule has 0 unspecified atom stereocenters. The minimum atomic E-state index is -0.653. The van der Waals surface area contributed by atoms with Gasteiger partial charge in [0.1, 0.15) is 6.33 Å². The molecule has 0 radical (unpaired) electrons. The van der Waals surface area contributed by atoms with Gasteiger partial charge in [-0.3, -0.25) is 0 Å². The van der Waals surface area contributed by atoms with Crippen molar-refractivity contribution in [1.29, 1.82) is 5.26 Å². The Kier molecular flexibility index (Phi) is 2.30. The molecule has 4 heteroatoms. The third-order valence-electron chi connectivity index (χ3n) is 1.54. The van der Waals surface area contributed by atoms with Gasteiger partial charge in [0.25, 0.3) is 0 Å². The summed E-state index contributed by atoms with van der Waals surface area (Å²) in [5.74, 6) is 0. The van der Waals surface area contributed by atoms with Gasteiger partial charge in [-0.05, 0) is 13.8 Å². The van der Waals surface area contributed by atoms with Crippen molar-refractivity contribution in [1.82, 2.24) is 9.97 Å². The van der Waals surface area contributed by atoms with Crippen LogP contribution in [0.1, 0.15) is 19.5 Å². The van der Waals surface area contributed by atoms with Gasteiger partial charge in [-0.25, -0.2) is 9.97 Å². The summed E-state index contributed by atoms with van der Waals surface area (Å²) in [5.41, 5.74) is -0.0818. The van der Waals surface area contributed by atoms with E-state index in [9.17, 15) is 0 Å². The second-order valence-electron chi connectivity index (χ2n) is 2.96. The van der Waals surface area contributed by atoms with E-state index in [2.05, 4.69) is 16.0 Å². The molecule has 0 aliphatic carbocycles. The van der Waals surface area contributed by atoms with Gasteiger partial charge in [-0.2, -0.15) is 5.26 Å². The van der Waals surface area contributed by atoms with Crippen molar-refractivity contribution < 1.29 is 0 Å². The Bertz CT molecular complexity index is 327. The lowest BCUT2D eigenvalue weighted by molar-refractivity contribution is 0.656. The molecule has 0 amide bonds. The molecule has 0 atom stereocenters. The maximum absolute atomic E-state index is 8.80. The third-order valence-corrected chi connectivity index (χ3v) is 1.82. The fourth-order valence-corrected chi connectivity index (χ4v) is 1.17. The predicted molar refractivity (Wildman–Crippen MR) is 45.7 cm³/mol. The number of hydrogen-bond donors (Lipinski definition) is 0.